The fourth-order valence-electron chi connectivity index (χ4n) is 0.483. The van der Waals surface area contributed by atoms with Crippen molar-refractivity contribution in [1.29, 1.82) is 0 Å². The maximum atomic E-state index is 10.5. The molecule has 1 aromatic heterocycles. The monoisotopic (exact) mass is 180 g/mol. The van der Waals surface area contributed by atoms with Crippen molar-refractivity contribution in [2.24, 2.45) is 5.73 Å². The zero-order valence-corrected chi connectivity index (χ0v) is 9.06. The van der Waals surface area contributed by atoms with Gasteiger partial charge >= 0.3 is 35.5 Å². The SMILES string of the molecule is NCC(=O)Oc1ccsc1.[Na+]. The van der Waals surface area contributed by atoms with Gasteiger partial charge in [-0.25, -0.2) is 0 Å². The molecule has 0 aliphatic heterocycles. The minimum absolute atomic E-state index is 0. The predicted octanol–water partition coefficient (Wildman–Crippen LogP) is -2.38. The molecule has 0 saturated heterocycles. The van der Waals surface area contributed by atoms with Gasteiger partial charge in [-0.2, -0.15) is 0 Å². The molecule has 1 rings (SSSR count). The Morgan fingerprint density at radius 3 is 2.91 bits per heavy atom. The molecule has 0 bridgehead atoms. The van der Waals surface area contributed by atoms with Gasteiger partial charge in [-0.1, -0.05) is 0 Å². The molecule has 0 radical (unpaired) electrons. The number of hydrogen-bond acceptors (Lipinski definition) is 4. The second-order valence-electron chi connectivity index (χ2n) is 1.64. The van der Waals surface area contributed by atoms with Crippen molar-refractivity contribution in [3.05, 3.63) is 16.8 Å². The summed E-state index contributed by atoms with van der Waals surface area (Å²) in [6.45, 7) is -0.0736. The van der Waals surface area contributed by atoms with Gasteiger partial charge in [-0.3, -0.25) is 4.79 Å². The standard InChI is InChI=1S/C6H7NO2S.Na/c7-3-6(8)9-5-1-2-10-4-5;/h1-2,4H,3,7H2;/q;+1. The summed E-state index contributed by atoms with van der Waals surface area (Å²) in [5, 5.41) is 3.58. The maximum absolute atomic E-state index is 10.5. The molecule has 0 saturated carbocycles. The van der Waals surface area contributed by atoms with Gasteiger partial charge in [0, 0.05) is 5.38 Å². The Morgan fingerprint density at radius 1 is 1.73 bits per heavy atom. The molecule has 3 nitrogen and oxygen atoms in total. The topological polar surface area (TPSA) is 52.3 Å². The molecule has 0 aromatic carbocycles. The maximum Gasteiger partial charge on any atom is 1.00 e. The molecule has 11 heavy (non-hydrogen) atoms. The zero-order valence-electron chi connectivity index (χ0n) is 6.24. The Morgan fingerprint density at radius 2 is 2.45 bits per heavy atom. The molecule has 1 aromatic rings. The molecule has 0 fully saturated rings. The van der Waals surface area contributed by atoms with E-state index in [4.69, 9.17) is 10.5 Å². The van der Waals surface area contributed by atoms with Gasteiger partial charge < -0.3 is 10.5 Å². The Labute approximate surface area is 90.8 Å². The number of rotatable bonds is 2. The smallest absolute Gasteiger partial charge is 0.425 e. The third-order valence-electron chi connectivity index (χ3n) is 0.893. The molecule has 0 amide bonds. The Balaban J connectivity index is 0.000001000. The summed E-state index contributed by atoms with van der Waals surface area (Å²) in [5.74, 6) is 0.166. The molecular weight excluding hydrogens is 173 g/mol. The second-order valence-corrected chi connectivity index (χ2v) is 2.42. The largest absolute Gasteiger partial charge is 1.00 e. The van der Waals surface area contributed by atoms with Crippen LogP contribution in [0, 0.1) is 0 Å². The molecular formula is C6H7NNaO2S+. The van der Waals surface area contributed by atoms with Crippen molar-refractivity contribution in [1.82, 2.24) is 0 Å². The molecule has 54 valence electrons. The Hall–Kier alpha value is 0.130. The van der Waals surface area contributed by atoms with Gasteiger partial charge in [0.25, 0.3) is 0 Å². The fraction of sp³-hybridized carbons (Fsp3) is 0.167. The van der Waals surface area contributed by atoms with Gasteiger partial charge in [-0.05, 0) is 11.4 Å². The normalized spacial score (nSPS) is 8.45. The molecule has 0 aliphatic carbocycles. The number of hydrogen-bond donors (Lipinski definition) is 1. The number of thiophene rings is 1. The van der Waals surface area contributed by atoms with Crippen LogP contribution >= 0.6 is 11.3 Å². The van der Waals surface area contributed by atoms with Crippen LogP contribution in [0.3, 0.4) is 0 Å². The van der Waals surface area contributed by atoms with E-state index in [1.54, 1.807) is 11.4 Å². The van der Waals surface area contributed by atoms with E-state index in [0.29, 0.717) is 5.75 Å². The molecule has 0 spiro atoms. The average Bonchev–Trinajstić information content (AvgIpc) is 2.40. The van der Waals surface area contributed by atoms with E-state index in [1.807, 2.05) is 5.38 Å². The van der Waals surface area contributed by atoms with Crippen molar-refractivity contribution in [3.8, 4) is 5.75 Å². The number of esters is 1. The van der Waals surface area contributed by atoms with Gasteiger partial charge in [0.2, 0.25) is 0 Å². The van der Waals surface area contributed by atoms with Crippen LogP contribution in [0.2, 0.25) is 0 Å². The van der Waals surface area contributed by atoms with Crippen LogP contribution < -0.4 is 40.0 Å². The van der Waals surface area contributed by atoms with Gasteiger partial charge in [0.1, 0.15) is 5.75 Å². The number of carbonyl (C=O) groups is 1. The molecule has 1 heterocycles. The summed E-state index contributed by atoms with van der Waals surface area (Å²) < 4.78 is 4.75. The van der Waals surface area contributed by atoms with E-state index in [9.17, 15) is 4.79 Å². The van der Waals surface area contributed by atoms with Crippen molar-refractivity contribution in [2.75, 3.05) is 6.54 Å². The van der Waals surface area contributed by atoms with Crippen LogP contribution in [0.4, 0.5) is 0 Å². The fourth-order valence-corrected chi connectivity index (χ4v) is 1.04. The van der Waals surface area contributed by atoms with Crippen LogP contribution in [-0.2, 0) is 4.79 Å². The van der Waals surface area contributed by atoms with E-state index in [2.05, 4.69) is 0 Å². The summed E-state index contributed by atoms with van der Waals surface area (Å²) in [7, 11) is 0. The Kier molecular flexibility index (Phi) is 5.81. The first kappa shape index (κ1) is 11.1. The quantitative estimate of drug-likeness (QED) is 0.408. The van der Waals surface area contributed by atoms with E-state index in [1.165, 1.54) is 11.3 Å². The Bertz CT molecular complexity index is 212. The summed E-state index contributed by atoms with van der Waals surface area (Å²) in [6.07, 6.45) is 0. The summed E-state index contributed by atoms with van der Waals surface area (Å²) in [5.41, 5.74) is 5.02. The first-order valence-electron chi connectivity index (χ1n) is 2.76. The first-order valence-corrected chi connectivity index (χ1v) is 3.70. The van der Waals surface area contributed by atoms with Crippen molar-refractivity contribution >= 4 is 17.3 Å². The van der Waals surface area contributed by atoms with E-state index in [-0.39, 0.29) is 36.1 Å². The third-order valence-corrected chi connectivity index (χ3v) is 1.56. The van der Waals surface area contributed by atoms with E-state index >= 15 is 0 Å². The van der Waals surface area contributed by atoms with E-state index < -0.39 is 5.97 Å². The summed E-state index contributed by atoms with van der Waals surface area (Å²) in [4.78, 5) is 10.5. The minimum Gasteiger partial charge on any atom is -0.425 e. The zero-order chi connectivity index (χ0) is 7.40. The number of carbonyl (C=O) groups excluding carboxylic acids is 1. The second kappa shape index (κ2) is 5.74. The van der Waals surface area contributed by atoms with Crippen molar-refractivity contribution in [3.63, 3.8) is 0 Å². The van der Waals surface area contributed by atoms with Gasteiger partial charge in [0.05, 0.1) is 6.54 Å². The predicted molar refractivity (Wildman–Crippen MR) is 39.0 cm³/mol. The van der Waals surface area contributed by atoms with Gasteiger partial charge in [0.15, 0.2) is 0 Å². The molecule has 0 aliphatic rings. The molecule has 2 N–H and O–H groups in total. The first-order chi connectivity index (χ1) is 4.83. The van der Waals surface area contributed by atoms with Gasteiger partial charge in [-0.15, -0.1) is 11.3 Å². The van der Waals surface area contributed by atoms with Crippen LogP contribution in [0.15, 0.2) is 16.8 Å². The van der Waals surface area contributed by atoms with Crippen LogP contribution in [-0.4, -0.2) is 12.5 Å². The minimum atomic E-state index is -0.404. The number of ether oxygens (including phenoxy) is 1. The molecule has 0 atom stereocenters. The summed E-state index contributed by atoms with van der Waals surface area (Å²) >= 11 is 1.47. The van der Waals surface area contributed by atoms with E-state index in [0.717, 1.165) is 0 Å². The van der Waals surface area contributed by atoms with Crippen LogP contribution in [0.5, 0.6) is 5.75 Å². The third kappa shape index (κ3) is 3.88. The molecule has 5 heteroatoms. The van der Waals surface area contributed by atoms with Crippen LogP contribution in [0.1, 0.15) is 0 Å². The summed E-state index contributed by atoms with van der Waals surface area (Å²) in [6, 6.07) is 1.72. The average molecular weight is 180 g/mol. The van der Waals surface area contributed by atoms with Crippen molar-refractivity contribution in [2.45, 2.75) is 0 Å². The number of nitrogens with two attached hydrogens (primary N) is 1. The van der Waals surface area contributed by atoms with Crippen LogP contribution in [0.25, 0.3) is 0 Å². The molecule has 0 unspecified atom stereocenters. The van der Waals surface area contributed by atoms with Crippen molar-refractivity contribution < 1.29 is 39.1 Å².